The quantitative estimate of drug-likeness (QED) is 0.724. The van der Waals surface area contributed by atoms with E-state index in [0.29, 0.717) is 13.0 Å². The van der Waals surface area contributed by atoms with Gasteiger partial charge in [0.15, 0.2) is 0 Å². The monoisotopic (exact) mass is 272 g/mol. The molecule has 0 spiro atoms. The number of anilines is 1. The van der Waals surface area contributed by atoms with Crippen molar-refractivity contribution in [2.45, 2.75) is 25.2 Å². The van der Waals surface area contributed by atoms with Crippen LogP contribution in [0.1, 0.15) is 20.3 Å². The van der Waals surface area contributed by atoms with Crippen molar-refractivity contribution in [3.63, 3.8) is 0 Å². The third-order valence-corrected chi connectivity index (χ3v) is 3.67. The number of aliphatic hydroxyl groups is 1. The average molecular weight is 272 g/mol. The fourth-order valence-corrected chi connectivity index (χ4v) is 2.01. The van der Waals surface area contributed by atoms with E-state index in [1.165, 1.54) is 12.1 Å². The summed E-state index contributed by atoms with van der Waals surface area (Å²) in [5.74, 6) is 0. The van der Waals surface area contributed by atoms with E-state index in [0.717, 1.165) is 5.69 Å². The van der Waals surface area contributed by atoms with E-state index in [-0.39, 0.29) is 16.9 Å². The SMILES string of the molecule is CC(C)(CCO)CNc1ccc(S(N)(=O)=O)cc1. The fraction of sp³-hybridized carbons (Fsp3) is 0.500. The number of hydrogen-bond donors (Lipinski definition) is 3. The van der Waals surface area contributed by atoms with E-state index < -0.39 is 10.0 Å². The summed E-state index contributed by atoms with van der Waals surface area (Å²) in [6.45, 7) is 4.95. The molecule has 0 atom stereocenters. The fourth-order valence-electron chi connectivity index (χ4n) is 1.49. The van der Waals surface area contributed by atoms with E-state index in [2.05, 4.69) is 19.2 Å². The van der Waals surface area contributed by atoms with Gasteiger partial charge in [-0.2, -0.15) is 0 Å². The lowest BCUT2D eigenvalue weighted by Gasteiger charge is -2.24. The van der Waals surface area contributed by atoms with E-state index in [1.807, 2.05) is 0 Å². The van der Waals surface area contributed by atoms with Crippen LogP contribution in [-0.4, -0.2) is 26.7 Å². The molecule has 1 rings (SSSR count). The van der Waals surface area contributed by atoms with Crippen LogP contribution in [0.5, 0.6) is 0 Å². The molecule has 4 N–H and O–H groups in total. The molecule has 6 heteroatoms. The first kappa shape index (κ1) is 14.9. The summed E-state index contributed by atoms with van der Waals surface area (Å²) in [5, 5.41) is 17.1. The summed E-state index contributed by atoms with van der Waals surface area (Å²) < 4.78 is 22.2. The van der Waals surface area contributed by atoms with Gasteiger partial charge in [0.1, 0.15) is 0 Å². The third-order valence-electron chi connectivity index (χ3n) is 2.74. The Bertz CT molecular complexity index is 481. The predicted octanol–water partition coefficient (Wildman–Crippen LogP) is 1.15. The Morgan fingerprint density at radius 1 is 1.28 bits per heavy atom. The summed E-state index contributed by atoms with van der Waals surface area (Å²) in [6.07, 6.45) is 0.704. The van der Waals surface area contributed by atoms with Gasteiger partial charge in [-0.05, 0) is 36.1 Å². The van der Waals surface area contributed by atoms with Crippen molar-refractivity contribution in [2.24, 2.45) is 10.6 Å². The van der Waals surface area contributed by atoms with Gasteiger partial charge in [-0.25, -0.2) is 13.6 Å². The molecule has 0 heterocycles. The first-order valence-electron chi connectivity index (χ1n) is 5.72. The Balaban J connectivity index is 2.65. The highest BCUT2D eigenvalue weighted by atomic mass is 32.2. The standard InChI is InChI=1S/C12H20N2O3S/c1-12(2,7-8-15)9-14-10-3-5-11(6-4-10)18(13,16)17/h3-6,14-15H,7-9H2,1-2H3,(H2,13,16,17). The number of primary sulfonamides is 1. The Hall–Kier alpha value is -1.11. The minimum absolute atomic E-state index is 0.0205. The molecule has 1 aromatic carbocycles. The number of nitrogens with two attached hydrogens (primary N) is 1. The van der Waals surface area contributed by atoms with Crippen LogP contribution in [0.2, 0.25) is 0 Å². The average Bonchev–Trinajstić information content (AvgIpc) is 2.26. The highest BCUT2D eigenvalue weighted by Gasteiger charge is 2.16. The van der Waals surface area contributed by atoms with E-state index in [4.69, 9.17) is 10.2 Å². The molecule has 0 saturated carbocycles. The van der Waals surface area contributed by atoms with Crippen LogP contribution in [0.4, 0.5) is 5.69 Å². The van der Waals surface area contributed by atoms with Gasteiger partial charge in [0.25, 0.3) is 0 Å². The van der Waals surface area contributed by atoms with Crippen molar-refractivity contribution in [3.05, 3.63) is 24.3 Å². The van der Waals surface area contributed by atoms with Gasteiger partial charge < -0.3 is 10.4 Å². The molecule has 0 fully saturated rings. The van der Waals surface area contributed by atoms with Crippen LogP contribution in [0.25, 0.3) is 0 Å². The lowest BCUT2D eigenvalue weighted by molar-refractivity contribution is 0.220. The molecular weight excluding hydrogens is 252 g/mol. The molecule has 1 aromatic rings. The highest BCUT2D eigenvalue weighted by Crippen LogP contribution is 2.21. The van der Waals surface area contributed by atoms with Crippen LogP contribution in [0, 0.1) is 5.41 Å². The van der Waals surface area contributed by atoms with Crippen LogP contribution in [0.15, 0.2) is 29.2 Å². The van der Waals surface area contributed by atoms with Crippen molar-refractivity contribution in [3.8, 4) is 0 Å². The second kappa shape index (κ2) is 5.69. The number of benzene rings is 1. The van der Waals surface area contributed by atoms with Gasteiger partial charge in [0.05, 0.1) is 4.90 Å². The second-order valence-corrected chi connectivity index (χ2v) is 6.62. The molecule has 18 heavy (non-hydrogen) atoms. The van der Waals surface area contributed by atoms with Gasteiger partial charge in [-0.15, -0.1) is 0 Å². The number of nitrogens with one attached hydrogen (secondary N) is 1. The molecular formula is C12H20N2O3S. The zero-order valence-corrected chi connectivity index (χ0v) is 11.5. The topological polar surface area (TPSA) is 92.4 Å². The highest BCUT2D eigenvalue weighted by molar-refractivity contribution is 7.89. The van der Waals surface area contributed by atoms with Crippen molar-refractivity contribution >= 4 is 15.7 Å². The maximum Gasteiger partial charge on any atom is 0.238 e. The number of sulfonamides is 1. The van der Waals surface area contributed by atoms with E-state index in [9.17, 15) is 8.42 Å². The minimum Gasteiger partial charge on any atom is -0.396 e. The first-order valence-corrected chi connectivity index (χ1v) is 7.27. The first-order chi connectivity index (χ1) is 8.24. The Morgan fingerprint density at radius 3 is 2.28 bits per heavy atom. The largest absolute Gasteiger partial charge is 0.396 e. The second-order valence-electron chi connectivity index (χ2n) is 5.06. The normalized spacial score (nSPS) is 12.4. The lowest BCUT2D eigenvalue weighted by atomic mass is 9.90. The number of rotatable bonds is 6. The number of hydrogen-bond acceptors (Lipinski definition) is 4. The van der Waals surface area contributed by atoms with E-state index in [1.54, 1.807) is 12.1 Å². The smallest absolute Gasteiger partial charge is 0.238 e. The van der Waals surface area contributed by atoms with Crippen molar-refractivity contribution in [1.29, 1.82) is 0 Å². The van der Waals surface area contributed by atoms with Crippen molar-refractivity contribution in [1.82, 2.24) is 0 Å². The maximum atomic E-state index is 11.1. The molecule has 0 bridgehead atoms. The molecule has 0 aromatic heterocycles. The van der Waals surface area contributed by atoms with Crippen LogP contribution in [-0.2, 0) is 10.0 Å². The van der Waals surface area contributed by atoms with Gasteiger partial charge >= 0.3 is 0 Å². The minimum atomic E-state index is -3.63. The van der Waals surface area contributed by atoms with Crippen LogP contribution >= 0.6 is 0 Å². The Morgan fingerprint density at radius 2 is 1.83 bits per heavy atom. The number of aliphatic hydroxyl groups excluding tert-OH is 1. The van der Waals surface area contributed by atoms with Gasteiger partial charge in [0.2, 0.25) is 10.0 Å². The molecule has 0 aliphatic carbocycles. The zero-order valence-electron chi connectivity index (χ0n) is 10.7. The molecule has 0 saturated heterocycles. The van der Waals surface area contributed by atoms with Crippen molar-refractivity contribution < 1.29 is 13.5 Å². The summed E-state index contributed by atoms with van der Waals surface area (Å²) in [7, 11) is -3.63. The lowest BCUT2D eigenvalue weighted by Crippen LogP contribution is -2.24. The Kier molecular flexibility index (Phi) is 4.72. The van der Waals surface area contributed by atoms with Gasteiger partial charge in [-0.1, -0.05) is 13.8 Å². The van der Waals surface area contributed by atoms with E-state index >= 15 is 0 Å². The maximum absolute atomic E-state index is 11.1. The van der Waals surface area contributed by atoms with Gasteiger partial charge in [0, 0.05) is 18.8 Å². The molecule has 0 amide bonds. The summed E-state index contributed by atoms with van der Waals surface area (Å²) in [5.41, 5.74) is 0.807. The summed E-state index contributed by atoms with van der Waals surface area (Å²) in [6, 6.07) is 6.29. The molecule has 5 nitrogen and oxygen atoms in total. The molecule has 0 aliphatic heterocycles. The zero-order chi connectivity index (χ0) is 13.8. The molecule has 102 valence electrons. The summed E-state index contributed by atoms with van der Waals surface area (Å²) in [4.78, 5) is 0.0997. The van der Waals surface area contributed by atoms with Gasteiger partial charge in [-0.3, -0.25) is 0 Å². The van der Waals surface area contributed by atoms with Crippen LogP contribution < -0.4 is 10.5 Å². The molecule has 0 radical (unpaired) electrons. The summed E-state index contributed by atoms with van der Waals surface area (Å²) >= 11 is 0. The molecule has 0 unspecified atom stereocenters. The predicted molar refractivity (Wildman–Crippen MR) is 71.8 cm³/mol. The van der Waals surface area contributed by atoms with Crippen molar-refractivity contribution in [2.75, 3.05) is 18.5 Å². The third kappa shape index (κ3) is 4.64. The Labute approximate surface area is 108 Å². The van der Waals surface area contributed by atoms with Crippen LogP contribution in [0.3, 0.4) is 0 Å². The molecule has 0 aliphatic rings.